The first-order valence-electron chi connectivity index (χ1n) is 4.73. The molecule has 2 rings (SSSR count). The Morgan fingerprint density at radius 1 is 1.43 bits per heavy atom. The highest BCUT2D eigenvalue weighted by atomic mass is 15.3. The molecule has 5 heteroatoms. The molecule has 14 heavy (non-hydrogen) atoms. The highest BCUT2D eigenvalue weighted by molar-refractivity contribution is 5.48. The fourth-order valence-corrected chi connectivity index (χ4v) is 1.28. The highest BCUT2D eigenvalue weighted by Gasteiger charge is 2.27. The summed E-state index contributed by atoms with van der Waals surface area (Å²) in [4.78, 5) is 10.7. The zero-order valence-corrected chi connectivity index (χ0v) is 8.49. The zero-order chi connectivity index (χ0) is 10.1. The molecule has 0 saturated heterocycles. The Hall–Kier alpha value is -1.36. The Balaban J connectivity index is 2.35. The van der Waals surface area contributed by atoms with Gasteiger partial charge in [-0.25, -0.2) is 15.8 Å². The lowest BCUT2D eigenvalue weighted by Gasteiger charge is -2.13. The van der Waals surface area contributed by atoms with Crippen LogP contribution in [0, 0.1) is 0 Å². The molecule has 1 fully saturated rings. The minimum absolute atomic E-state index is 0.544. The largest absolute Gasteiger partial charge is 0.363 e. The van der Waals surface area contributed by atoms with Gasteiger partial charge in [0.1, 0.15) is 17.5 Å². The molecule has 76 valence electrons. The van der Waals surface area contributed by atoms with Crippen molar-refractivity contribution in [2.45, 2.75) is 18.8 Å². The van der Waals surface area contributed by atoms with Gasteiger partial charge in [-0.3, -0.25) is 0 Å². The standard InChI is InChI=1S/C9H15N5/c1-14(2)8-5-7(13-10)11-9(12-8)6-3-4-6/h5-6H,3-4,10H2,1-2H3,(H,11,12,13). The molecule has 0 radical (unpaired) electrons. The summed E-state index contributed by atoms with van der Waals surface area (Å²) < 4.78 is 0. The zero-order valence-electron chi connectivity index (χ0n) is 8.49. The molecule has 1 heterocycles. The van der Waals surface area contributed by atoms with Gasteiger partial charge in [-0.05, 0) is 12.8 Å². The fourth-order valence-electron chi connectivity index (χ4n) is 1.28. The molecular weight excluding hydrogens is 178 g/mol. The number of rotatable bonds is 3. The van der Waals surface area contributed by atoms with Gasteiger partial charge >= 0.3 is 0 Å². The van der Waals surface area contributed by atoms with Crippen LogP contribution in [0.2, 0.25) is 0 Å². The molecule has 1 aliphatic carbocycles. The number of nitrogen functional groups attached to an aromatic ring is 1. The summed E-state index contributed by atoms with van der Waals surface area (Å²) in [6.45, 7) is 0. The number of hydrogen-bond acceptors (Lipinski definition) is 5. The summed E-state index contributed by atoms with van der Waals surface area (Å²) in [5, 5.41) is 0. The summed E-state index contributed by atoms with van der Waals surface area (Å²) >= 11 is 0. The third kappa shape index (κ3) is 1.77. The van der Waals surface area contributed by atoms with Crippen molar-refractivity contribution < 1.29 is 0 Å². The van der Waals surface area contributed by atoms with Crippen LogP contribution in [0.15, 0.2) is 6.07 Å². The van der Waals surface area contributed by atoms with E-state index >= 15 is 0 Å². The van der Waals surface area contributed by atoms with Gasteiger partial charge in [0.25, 0.3) is 0 Å². The van der Waals surface area contributed by atoms with Gasteiger partial charge in [-0.15, -0.1) is 0 Å². The maximum atomic E-state index is 5.35. The van der Waals surface area contributed by atoms with E-state index in [0.717, 1.165) is 11.6 Å². The molecule has 1 aromatic rings. The number of aromatic nitrogens is 2. The van der Waals surface area contributed by atoms with Crippen molar-refractivity contribution in [2.24, 2.45) is 5.84 Å². The fraction of sp³-hybridized carbons (Fsp3) is 0.556. The second-order valence-electron chi connectivity index (χ2n) is 3.78. The number of nitrogens with two attached hydrogens (primary N) is 1. The van der Waals surface area contributed by atoms with Gasteiger partial charge in [0.05, 0.1) is 0 Å². The van der Waals surface area contributed by atoms with Crippen molar-refractivity contribution in [1.82, 2.24) is 9.97 Å². The summed E-state index contributed by atoms with van der Waals surface area (Å²) in [6, 6.07) is 1.84. The van der Waals surface area contributed by atoms with E-state index in [2.05, 4.69) is 15.4 Å². The van der Waals surface area contributed by atoms with Crippen LogP contribution in [-0.4, -0.2) is 24.1 Å². The molecule has 0 spiro atoms. The van der Waals surface area contributed by atoms with Crippen LogP contribution in [0.25, 0.3) is 0 Å². The second-order valence-corrected chi connectivity index (χ2v) is 3.78. The maximum Gasteiger partial charge on any atom is 0.145 e. The molecule has 0 atom stereocenters. The van der Waals surface area contributed by atoms with Gasteiger partial charge in [-0.1, -0.05) is 0 Å². The van der Waals surface area contributed by atoms with E-state index in [0.29, 0.717) is 11.7 Å². The first-order chi connectivity index (χ1) is 6.70. The number of nitrogens with one attached hydrogen (secondary N) is 1. The number of hydrazine groups is 1. The van der Waals surface area contributed by atoms with Crippen LogP contribution in [-0.2, 0) is 0 Å². The first kappa shape index (κ1) is 9.21. The smallest absolute Gasteiger partial charge is 0.145 e. The second kappa shape index (κ2) is 3.42. The molecule has 1 saturated carbocycles. The highest BCUT2D eigenvalue weighted by Crippen LogP contribution is 2.38. The van der Waals surface area contributed by atoms with E-state index < -0.39 is 0 Å². The van der Waals surface area contributed by atoms with Crippen LogP contribution in [0.4, 0.5) is 11.6 Å². The summed E-state index contributed by atoms with van der Waals surface area (Å²) in [7, 11) is 3.92. The monoisotopic (exact) mass is 193 g/mol. The lowest BCUT2D eigenvalue weighted by molar-refractivity contribution is 0.905. The first-order valence-corrected chi connectivity index (χ1v) is 4.73. The topological polar surface area (TPSA) is 67.1 Å². The van der Waals surface area contributed by atoms with E-state index in [1.807, 2.05) is 25.1 Å². The quantitative estimate of drug-likeness (QED) is 0.546. The summed E-state index contributed by atoms with van der Waals surface area (Å²) in [5.74, 6) is 8.38. The predicted octanol–water partition coefficient (Wildman–Crippen LogP) is 0.706. The molecule has 0 amide bonds. The van der Waals surface area contributed by atoms with Crippen molar-refractivity contribution >= 4 is 11.6 Å². The van der Waals surface area contributed by atoms with E-state index in [1.54, 1.807) is 0 Å². The van der Waals surface area contributed by atoms with E-state index in [-0.39, 0.29) is 0 Å². The van der Waals surface area contributed by atoms with Gasteiger partial charge in [-0.2, -0.15) is 0 Å². The molecule has 1 aromatic heterocycles. The van der Waals surface area contributed by atoms with Gasteiger partial charge in [0, 0.05) is 26.1 Å². The van der Waals surface area contributed by atoms with Crippen molar-refractivity contribution in [1.29, 1.82) is 0 Å². The van der Waals surface area contributed by atoms with Crippen molar-refractivity contribution in [3.8, 4) is 0 Å². The van der Waals surface area contributed by atoms with Crippen LogP contribution in [0.3, 0.4) is 0 Å². The lowest BCUT2D eigenvalue weighted by Crippen LogP contribution is -2.15. The average Bonchev–Trinajstić information content (AvgIpc) is 3.00. The maximum absolute atomic E-state index is 5.35. The third-order valence-electron chi connectivity index (χ3n) is 2.28. The Morgan fingerprint density at radius 2 is 2.14 bits per heavy atom. The average molecular weight is 193 g/mol. The van der Waals surface area contributed by atoms with Gasteiger partial charge in [0.15, 0.2) is 0 Å². The molecule has 0 aromatic carbocycles. The molecule has 3 N–H and O–H groups in total. The lowest BCUT2D eigenvalue weighted by atomic mass is 10.3. The third-order valence-corrected chi connectivity index (χ3v) is 2.28. The number of anilines is 2. The van der Waals surface area contributed by atoms with Crippen LogP contribution >= 0.6 is 0 Å². The molecule has 1 aliphatic rings. The molecular formula is C9H15N5. The summed E-state index contributed by atoms with van der Waals surface area (Å²) in [6.07, 6.45) is 2.39. The van der Waals surface area contributed by atoms with E-state index in [4.69, 9.17) is 5.84 Å². The molecule has 0 unspecified atom stereocenters. The number of nitrogens with zero attached hydrogens (tertiary/aromatic N) is 3. The Labute approximate surface area is 83.3 Å². The van der Waals surface area contributed by atoms with Gasteiger partial charge in [0.2, 0.25) is 0 Å². The van der Waals surface area contributed by atoms with E-state index in [1.165, 1.54) is 12.8 Å². The minimum atomic E-state index is 0.544. The predicted molar refractivity (Wildman–Crippen MR) is 56.1 cm³/mol. The molecule has 0 aliphatic heterocycles. The van der Waals surface area contributed by atoms with Gasteiger partial charge < -0.3 is 10.3 Å². The van der Waals surface area contributed by atoms with Crippen molar-refractivity contribution in [3.05, 3.63) is 11.9 Å². The normalized spacial score (nSPS) is 15.4. The Bertz CT molecular complexity index is 312. The van der Waals surface area contributed by atoms with Crippen molar-refractivity contribution in [3.63, 3.8) is 0 Å². The molecule has 0 bridgehead atoms. The summed E-state index contributed by atoms with van der Waals surface area (Å²) in [5.41, 5.74) is 2.57. The van der Waals surface area contributed by atoms with Crippen LogP contribution in [0.1, 0.15) is 24.6 Å². The van der Waals surface area contributed by atoms with E-state index in [9.17, 15) is 0 Å². The Morgan fingerprint density at radius 3 is 2.64 bits per heavy atom. The van der Waals surface area contributed by atoms with Crippen molar-refractivity contribution in [2.75, 3.05) is 24.4 Å². The minimum Gasteiger partial charge on any atom is -0.363 e. The Kier molecular flexibility index (Phi) is 2.25. The van der Waals surface area contributed by atoms with Crippen LogP contribution in [0.5, 0.6) is 0 Å². The SMILES string of the molecule is CN(C)c1cc(NN)nc(C2CC2)n1. The van der Waals surface area contributed by atoms with Crippen LogP contribution < -0.4 is 16.2 Å². The number of hydrogen-bond donors (Lipinski definition) is 2. The molecule has 5 nitrogen and oxygen atoms in total.